The SMILES string of the molecule is COc1cc(Br)c(O)c([C@@H](C2CCCCC2)N2CCNCC2)c1. The van der Waals surface area contributed by atoms with E-state index in [9.17, 15) is 5.11 Å². The number of aromatic hydroxyl groups is 1. The lowest BCUT2D eigenvalue weighted by Gasteiger charge is -2.41. The molecule has 128 valence electrons. The molecule has 1 heterocycles. The summed E-state index contributed by atoms with van der Waals surface area (Å²) in [5, 5.41) is 14.1. The van der Waals surface area contributed by atoms with Crippen LogP contribution in [-0.4, -0.2) is 43.3 Å². The molecule has 0 unspecified atom stereocenters. The lowest BCUT2D eigenvalue weighted by molar-refractivity contribution is 0.101. The van der Waals surface area contributed by atoms with Gasteiger partial charge in [-0.1, -0.05) is 19.3 Å². The topological polar surface area (TPSA) is 44.7 Å². The van der Waals surface area contributed by atoms with E-state index in [1.807, 2.05) is 12.1 Å². The van der Waals surface area contributed by atoms with Crippen molar-refractivity contribution in [2.45, 2.75) is 38.1 Å². The first-order valence-electron chi connectivity index (χ1n) is 8.72. The highest BCUT2D eigenvalue weighted by Crippen LogP contribution is 2.45. The monoisotopic (exact) mass is 382 g/mol. The van der Waals surface area contributed by atoms with Crippen LogP contribution in [0.15, 0.2) is 16.6 Å². The Hall–Kier alpha value is -0.780. The van der Waals surface area contributed by atoms with E-state index in [1.54, 1.807) is 7.11 Å². The number of benzene rings is 1. The number of hydrogen-bond donors (Lipinski definition) is 2. The molecule has 0 spiro atoms. The maximum atomic E-state index is 10.7. The molecule has 23 heavy (non-hydrogen) atoms. The zero-order valence-corrected chi connectivity index (χ0v) is 15.4. The van der Waals surface area contributed by atoms with Crippen LogP contribution in [0.1, 0.15) is 43.7 Å². The van der Waals surface area contributed by atoms with Crippen molar-refractivity contribution < 1.29 is 9.84 Å². The average molecular weight is 383 g/mol. The van der Waals surface area contributed by atoms with Crippen LogP contribution in [0.5, 0.6) is 11.5 Å². The summed E-state index contributed by atoms with van der Waals surface area (Å²) in [7, 11) is 1.68. The minimum Gasteiger partial charge on any atom is -0.506 e. The Bertz CT molecular complexity index is 508. The molecule has 1 aromatic carbocycles. The first-order valence-corrected chi connectivity index (χ1v) is 9.51. The summed E-state index contributed by atoms with van der Waals surface area (Å²) in [6.45, 7) is 4.12. The van der Waals surface area contributed by atoms with Gasteiger partial charge in [0.25, 0.3) is 0 Å². The van der Waals surface area contributed by atoms with Gasteiger partial charge in [0, 0.05) is 37.8 Å². The molecule has 5 heteroatoms. The Morgan fingerprint density at radius 1 is 1.22 bits per heavy atom. The fourth-order valence-electron chi connectivity index (χ4n) is 4.10. The number of nitrogens with one attached hydrogen (secondary N) is 1. The Kier molecular flexibility index (Phi) is 5.83. The molecule has 1 atom stereocenters. The Balaban J connectivity index is 1.98. The van der Waals surface area contributed by atoms with Gasteiger partial charge in [-0.3, -0.25) is 4.90 Å². The Morgan fingerprint density at radius 3 is 2.57 bits per heavy atom. The third kappa shape index (κ3) is 3.83. The second-order valence-corrected chi connectivity index (χ2v) is 7.53. The summed E-state index contributed by atoms with van der Waals surface area (Å²) in [6, 6.07) is 4.15. The van der Waals surface area contributed by atoms with Crippen molar-refractivity contribution in [1.29, 1.82) is 0 Å². The van der Waals surface area contributed by atoms with Gasteiger partial charge in [0.15, 0.2) is 0 Å². The van der Waals surface area contributed by atoms with Crippen LogP contribution < -0.4 is 10.1 Å². The number of phenolic OH excluding ortho intramolecular Hbond substituents is 1. The Labute approximate surface area is 147 Å². The van der Waals surface area contributed by atoms with Gasteiger partial charge in [-0.15, -0.1) is 0 Å². The quantitative estimate of drug-likeness (QED) is 0.833. The average Bonchev–Trinajstić information content (AvgIpc) is 2.60. The van der Waals surface area contributed by atoms with E-state index in [2.05, 4.69) is 26.1 Å². The van der Waals surface area contributed by atoms with Crippen molar-refractivity contribution in [3.63, 3.8) is 0 Å². The van der Waals surface area contributed by atoms with Crippen molar-refractivity contribution in [3.05, 3.63) is 22.2 Å². The van der Waals surface area contributed by atoms with Crippen molar-refractivity contribution in [1.82, 2.24) is 10.2 Å². The van der Waals surface area contributed by atoms with Crippen LogP contribution in [-0.2, 0) is 0 Å². The molecule has 4 nitrogen and oxygen atoms in total. The number of piperazine rings is 1. The minimum atomic E-state index is 0.281. The standard InChI is InChI=1S/C18H27BrN2O2/c1-23-14-11-15(18(22)16(19)12-14)17(13-5-3-2-4-6-13)21-9-7-20-8-10-21/h11-13,17,20,22H,2-10H2,1H3/t17-/m1/s1. The van der Waals surface area contributed by atoms with E-state index in [4.69, 9.17) is 4.74 Å². The number of phenols is 1. The van der Waals surface area contributed by atoms with Gasteiger partial charge >= 0.3 is 0 Å². The number of hydrogen-bond acceptors (Lipinski definition) is 4. The lowest BCUT2D eigenvalue weighted by atomic mass is 9.80. The zero-order valence-electron chi connectivity index (χ0n) is 13.9. The molecule has 2 aliphatic rings. The van der Waals surface area contributed by atoms with E-state index >= 15 is 0 Å². The normalized spacial score (nSPS) is 22.0. The van der Waals surface area contributed by atoms with Crippen LogP contribution in [0.25, 0.3) is 0 Å². The molecule has 0 radical (unpaired) electrons. The fraction of sp³-hybridized carbons (Fsp3) is 0.667. The number of ether oxygens (including phenoxy) is 1. The van der Waals surface area contributed by atoms with Gasteiger partial charge in [0.1, 0.15) is 11.5 Å². The largest absolute Gasteiger partial charge is 0.506 e. The first kappa shape index (κ1) is 17.1. The Morgan fingerprint density at radius 2 is 1.91 bits per heavy atom. The summed E-state index contributed by atoms with van der Waals surface area (Å²) in [5.41, 5.74) is 1.02. The highest BCUT2D eigenvalue weighted by atomic mass is 79.9. The molecular formula is C18H27BrN2O2. The smallest absolute Gasteiger partial charge is 0.134 e. The van der Waals surface area contributed by atoms with E-state index in [0.29, 0.717) is 11.7 Å². The molecule has 0 aromatic heterocycles. The van der Waals surface area contributed by atoms with Crippen molar-refractivity contribution in [2.24, 2.45) is 5.92 Å². The molecule has 2 fully saturated rings. The third-order valence-electron chi connectivity index (χ3n) is 5.26. The lowest BCUT2D eigenvalue weighted by Crippen LogP contribution is -2.47. The van der Waals surface area contributed by atoms with E-state index in [1.165, 1.54) is 32.1 Å². The molecule has 1 aromatic rings. The van der Waals surface area contributed by atoms with E-state index in [-0.39, 0.29) is 6.04 Å². The predicted octanol–water partition coefficient (Wildman–Crippen LogP) is 3.69. The van der Waals surface area contributed by atoms with Crippen molar-refractivity contribution >= 4 is 15.9 Å². The van der Waals surface area contributed by atoms with Crippen LogP contribution in [0, 0.1) is 5.92 Å². The number of nitrogens with zero attached hydrogens (tertiary/aromatic N) is 1. The second kappa shape index (κ2) is 7.86. The molecule has 1 saturated carbocycles. The van der Waals surface area contributed by atoms with Gasteiger partial charge in [-0.05, 0) is 46.8 Å². The molecule has 2 N–H and O–H groups in total. The highest BCUT2D eigenvalue weighted by Gasteiger charge is 2.33. The maximum absolute atomic E-state index is 10.7. The summed E-state index contributed by atoms with van der Waals surface area (Å²) < 4.78 is 6.17. The minimum absolute atomic E-state index is 0.281. The molecule has 3 rings (SSSR count). The highest BCUT2D eigenvalue weighted by molar-refractivity contribution is 9.10. The summed E-state index contributed by atoms with van der Waals surface area (Å²) in [5.74, 6) is 1.80. The van der Waals surface area contributed by atoms with Crippen molar-refractivity contribution in [3.8, 4) is 11.5 Å². The number of rotatable bonds is 4. The fourth-order valence-corrected chi connectivity index (χ4v) is 4.55. The van der Waals surface area contributed by atoms with Crippen LogP contribution in [0.4, 0.5) is 0 Å². The summed E-state index contributed by atoms with van der Waals surface area (Å²) >= 11 is 3.49. The molecule has 0 amide bonds. The molecule has 1 saturated heterocycles. The van der Waals surface area contributed by atoms with Gasteiger partial charge in [-0.2, -0.15) is 0 Å². The number of halogens is 1. The van der Waals surface area contributed by atoms with Crippen LogP contribution >= 0.6 is 15.9 Å². The van der Waals surface area contributed by atoms with Gasteiger partial charge in [0.2, 0.25) is 0 Å². The first-order chi connectivity index (χ1) is 11.2. The second-order valence-electron chi connectivity index (χ2n) is 6.68. The molecule has 0 bridgehead atoms. The zero-order chi connectivity index (χ0) is 16.2. The number of methoxy groups -OCH3 is 1. The van der Waals surface area contributed by atoms with E-state index < -0.39 is 0 Å². The molecule has 1 aliphatic carbocycles. The predicted molar refractivity (Wildman–Crippen MR) is 96.1 cm³/mol. The van der Waals surface area contributed by atoms with Gasteiger partial charge in [0.05, 0.1) is 11.6 Å². The third-order valence-corrected chi connectivity index (χ3v) is 5.87. The van der Waals surface area contributed by atoms with E-state index in [0.717, 1.165) is 42.0 Å². The molecular weight excluding hydrogens is 356 g/mol. The summed E-state index contributed by atoms with van der Waals surface area (Å²) in [4.78, 5) is 2.55. The van der Waals surface area contributed by atoms with Crippen LogP contribution in [0.3, 0.4) is 0 Å². The summed E-state index contributed by atoms with van der Waals surface area (Å²) in [6.07, 6.45) is 6.46. The van der Waals surface area contributed by atoms with Crippen LogP contribution in [0.2, 0.25) is 0 Å². The van der Waals surface area contributed by atoms with Gasteiger partial charge < -0.3 is 15.2 Å². The van der Waals surface area contributed by atoms with Gasteiger partial charge in [-0.25, -0.2) is 0 Å². The van der Waals surface area contributed by atoms with Crippen molar-refractivity contribution in [2.75, 3.05) is 33.3 Å². The molecule has 1 aliphatic heterocycles. The maximum Gasteiger partial charge on any atom is 0.134 e.